The van der Waals surface area contributed by atoms with Crippen LogP contribution in [0.15, 0.2) is 23.2 Å². The Kier molecular flexibility index (Phi) is 11.6. The lowest BCUT2D eigenvalue weighted by Crippen LogP contribution is -2.38. The van der Waals surface area contributed by atoms with Gasteiger partial charge in [0.1, 0.15) is 21.3 Å². The first kappa shape index (κ1) is 23.8. The van der Waals surface area contributed by atoms with Crippen molar-refractivity contribution in [3.05, 3.63) is 23.8 Å². The zero-order chi connectivity index (χ0) is 18.0. The molecule has 0 amide bonds. The maximum Gasteiger partial charge on any atom is 0.191 e. The number of halogens is 1. The number of methoxy groups -OCH3 is 2. The van der Waals surface area contributed by atoms with Crippen molar-refractivity contribution >= 4 is 39.8 Å². The number of benzene rings is 1. The molecule has 2 N–H and O–H groups in total. The highest BCUT2D eigenvalue weighted by molar-refractivity contribution is 14.0. The van der Waals surface area contributed by atoms with Crippen molar-refractivity contribution in [1.29, 1.82) is 0 Å². The summed E-state index contributed by atoms with van der Waals surface area (Å²) >= 11 is 0. The van der Waals surface area contributed by atoms with Gasteiger partial charge in [0.05, 0.1) is 26.5 Å². The first-order valence-electron chi connectivity index (χ1n) is 7.80. The highest BCUT2D eigenvalue weighted by atomic mass is 127. The van der Waals surface area contributed by atoms with E-state index >= 15 is 0 Å². The second kappa shape index (κ2) is 12.2. The minimum atomic E-state index is -2.93. The smallest absolute Gasteiger partial charge is 0.191 e. The molecule has 0 aliphatic carbocycles. The molecule has 0 unspecified atom stereocenters. The largest absolute Gasteiger partial charge is 0.497 e. The molecule has 0 aliphatic heterocycles. The number of aliphatic imine (C=N–C) groups is 1. The minimum Gasteiger partial charge on any atom is -0.497 e. The molecule has 1 aromatic carbocycles. The van der Waals surface area contributed by atoms with Crippen molar-refractivity contribution in [3.8, 4) is 11.5 Å². The average Bonchev–Trinajstić information content (AvgIpc) is 2.55. The van der Waals surface area contributed by atoms with Gasteiger partial charge in [-0.05, 0) is 25.5 Å². The monoisotopic (exact) mass is 485 g/mol. The summed E-state index contributed by atoms with van der Waals surface area (Å²) < 4.78 is 32.8. The second-order valence-corrected chi connectivity index (χ2v) is 7.54. The van der Waals surface area contributed by atoms with Crippen molar-refractivity contribution < 1.29 is 17.9 Å². The van der Waals surface area contributed by atoms with E-state index < -0.39 is 9.84 Å². The molecule has 7 nitrogen and oxygen atoms in total. The molecule has 0 saturated heterocycles. The summed E-state index contributed by atoms with van der Waals surface area (Å²) in [7, 11) is 0.281. The fourth-order valence-corrected chi connectivity index (χ4v) is 2.70. The number of nitrogens with zero attached hydrogens (tertiary/aromatic N) is 1. The molecule has 144 valence electrons. The van der Waals surface area contributed by atoms with Crippen LogP contribution in [0, 0.1) is 0 Å². The Morgan fingerprint density at radius 3 is 2.48 bits per heavy atom. The Morgan fingerprint density at radius 2 is 1.92 bits per heavy atom. The molecule has 0 atom stereocenters. The fraction of sp³-hybridized carbons (Fsp3) is 0.562. The molecule has 0 radical (unpaired) electrons. The van der Waals surface area contributed by atoms with Crippen LogP contribution in [-0.4, -0.2) is 53.7 Å². The molecular weight excluding hydrogens is 457 g/mol. The molecule has 1 rings (SSSR count). The Balaban J connectivity index is 0.00000576. The van der Waals surface area contributed by atoms with E-state index in [9.17, 15) is 8.42 Å². The van der Waals surface area contributed by atoms with Crippen molar-refractivity contribution in [2.24, 2.45) is 4.99 Å². The van der Waals surface area contributed by atoms with Crippen LogP contribution in [0.25, 0.3) is 0 Å². The van der Waals surface area contributed by atoms with E-state index in [2.05, 4.69) is 15.6 Å². The van der Waals surface area contributed by atoms with Gasteiger partial charge in [-0.1, -0.05) is 0 Å². The Morgan fingerprint density at radius 1 is 1.20 bits per heavy atom. The lowest BCUT2D eigenvalue weighted by molar-refractivity contribution is 0.391. The van der Waals surface area contributed by atoms with E-state index in [1.54, 1.807) is 14.2 Å². The Labute approximate surface area is 167 Å². The zero-order valence-electron chi connectivity index (χ0n) is 15.2. The van der Waals surface area contributed by atoms with Crippen LogP contribution in [-0.2, 0) is 16.4 Å². The molecule has 0 fully saturated rings. The summed E-state index contributed by atoms with van der Waals surface area (Å²) in [5, 5.41) is 6.27. The van der Waals surface area contributed by atoms with Crippen LogP contribution in [0.4, 0.5) is 0 Å². The topological polar surface area (TPSA) is 89.0 Å². The average molecular weight is 485 g/mol. The summed E-state index contributed by atoms with van der Waals surface area (Å²) in [5.41, 5.74) is 0.937. The summed E-state index contributed by atoms with van der Waals surface area (Å²) in [6.07, 6.45) is 1.78. The van der Waals surface area contributed by atoms with Crippen molar-refractivity contribution in [2.45, 2.75) is 19.9 Å². The van der Waals surface area contributed by atoms with Crippen molar-refractivity contribution in [1.82, 2.24) is 10.6 Å². The quantitative estimate of drug-likeness (QED) is 0.240. The molecule has 25 heavy (non-hydrogen) atoms. The number of sulfone groups is 1. The number of ether oxygens (including phenoxy) is 2. The predicted molar refractivity (Wildman–Crippen MR) is 112 cm³/mol. The predicted octanol–water partition coefficient (Wildman–Crippen LogP) is 1.81. The van der Waals surface area contributed by atoms with E-state index in [0.717, 1.165) is 17.9 Å². The van der Waals surface area contributed by atoms with Crippen molar-refractivity contribution in [2.75, 3.05) is 39.3 Å². The van der Waals surface area contributed by atoms with Gasteiger partial charge in [0, 0.05) is 31.0 Å². The van der Waals surface area contributed by atoms with Crippen LogP contribution in [0.2, 0.25) is 0 Å². The summed E-state index contributed by atoms with van der Waals surface area (Å²) in [4.78, 5) is 4.51. The molecule has 0 saturated carbocycles. The third-order valence-electron chi connectivity index (χ3n) is 3.23. The molecule has 0 bridgehead atoms. The third kappa shape index (κ3) is 9.73. The van der Waals surface area contributed by atoms with Gasteiger partial charge in [-0.15, -0.1) is 24.0 Å². The molecule has 9 heteroatoms. The van der Waals surface area contributed by atoms with Gasteiger partial charge in [-0.2, -0.15) is 0 Å². The molecule has 0 aromatic heterocycles. The van der Waals surface area contributed by atoms with Crippen molar-refractivity contribution in [3.63, 3.8) is 0 Å². The Bertz CT molecular complexity index is 651. The Hall–Kier alpha value is -1.23. The molecule has 0 spiro atoms. The minimum absolute atomic E-state index is 0. The normalized spacial score (nSPS) is 11.4. The van der Waals surface area contributed by atoms with Gasteiger partial charge in [0.2, 0.25) is 0 Å². The highest BCUT2D eigenvalue weighted by Gasteiger charge is 2.06. The molecule has 0 heterocycles. The van der Waals surface area contributed by atoms with Crippen LogP contribution >= 0.6 is 24.0 Å². The standard InChI is InChI=1S/C16H27N3O4S.HI/c1-5-17-16(18-9-6-10-24(4,20)21)19-12-13-7-8-14(22-2)11-15(13)23-3;/h7-8,11H,5-6,9-10,12H2,1-4H3,(H2,17,18,19);1H. The number of rotatable bonds is 9. The fourth-order valence-electron chi connectivity index (χ4n) is 2.03. The third-order valence-corrected chi connectivity index (χ3v) is 4.26. The number of nitrogens with one attached hydrogen (secondary N) is 2. The number of guanidine groups is 1. The van der Waals surface area contributed by atoms with E-state index in [-0.39, 0.29) is 29.7 Å². The molecular formula is C16H28IN3O4S. The van der Waals surface area contributed by atoms with Gasteiger partial charge in [-0.3, -0.25) is 0 Å². The lowest BCUT2D eigenvalue weighted by Gasteiger charge is -2.12. The summed E-state index contributed by atoms with van der Waals surface area (Å²) in [5.74, 6) is 2.24. The van der Waals surface area contributed by atoms with Gasteiger partial charge >= 0.3 is 0 Å². The van der Waals surface area contributed by atoms with Crippen LogP contribution < -0.4 is 20.1 Å². The van der Waals surface area contributed by atoms with Gasteiger partial charge < -0.3 is 20.1 Å². The van der Waals surface area contributed by atoms with Crippen LogP contribution in [0.3, 0.4) is 0 Å². The maximum atomic E-state index is 11.1. The first-order chi connectivity index (χ1) is 11.4. The van der Waals surface area contributed by atoms with E-state index in [0.29, 0.717) is 31.2 Å². The summed E-state index contributed by atoms with van der Waals surface area (Å²) in [6, 6.07) is 5.59. The van der Waals surface area contributed by atoms with Gasteiger partial charge in [0.15, 0.2) is 5.96 Å². The molecule has 0 aliphatic rings. The van der Waals surface area contributed by atoms with E-state index in [1.807, 2.05) is 25.1 Å². The van der Waals surface area contributed by atoms with E-state index in [4.69, 9.17) is 9.47 Å². The number of hydrogen-bond donors (Lipinski definition) is 2. The second-order valence-electron chi connectivity index (χ2n) is 5.28. The molecule has 1 aromatic rings. The van der Waals surface area contributed by atoms with Crippen LogP contribution in [0.1, 0.15) is 18.9 Å². The van der Waals surface area contributed by atoms with E-state index in [1.165, 1.54) is 6.26 Å². The summed E-state index contributed by atoms with van der Waals surface area (Å²) in [6.45, 7) is 3.67. The highest BCUT2D eigenvalue weighted by Crippen LogP contribution is 2.25. The zero-order valence-corrected chi connectivity index (χ0v) is 18.3. The first-order valence-corrected chi connectivity index (χ1v) is 9.86. The lowest BCUT2D eigenvalue weighted by atomic mass is 10.2. The van der Waals surface area contributed by atoms with Gasteiger partial charge in [0.25, 0.3) is 0 Å². The maximum absolute atomic E-state index is 11.1. The van der Waals surface area contributed by atoms with Gasteiger partial charge in [-0.25, -0.2) is 13.4 Å². The van der Waals surface area contributed by atoms with Crippen LogP contribution in [0.5, 0.6) is 11.5 Å². The number of hydrogen-bond acceptors (Lipinski definition) is 5. The SMILES string of the molecule is CCNC(=NCc1ccc(OC)cc1OC)NCCCS(C)(=O)=O.I.